The van der Waals surface area contributed by atoms with E-state index in [0.29, 0.717) is 38.3 Å². The lowest BCUT2D eigenvalue weighted by Gasteiger charge is -2.41. The normalized spacial score (nSPS) is 18.8. The molecule has 2 aliphatic heterocycles. The molecular weight excluding hydrogens is 393 g/mol. The third-order valence-corrected chi connectivity index (χ3v) is 6.34. The molecule has 2 aromatic rings. The van der Waals surface area contributed by atoms with Crippen molar-refractivity contribution in [1.29, 1.82) is 0 Å². The van der Waals surface area contributed by atoms with E-state index in [2.05, 4.69) is 11.1 Å². The van der Waals surface area contributed by atoms with Crippen LogP contribution in [0.4, 0.5) is 18.9 Å². The Hall–Kier alpha value is -2.64. The minimum Gasteiger partial charge on any atom is -0.371 e. The summed E-state index contributed by atoms with van der Waals surface area (Å²) >= 11 is 0. The van der Waals surface area contributed by atoms with Crippen LogP contribution in [0.5, 0.6) is 0 Å². The molecule has 1 saturated heterocycles. The Morgan fingerprint density at radius 3 is 2.67 bits per heavy atom. The number of fused-ring (bicyclic) bond motifs is 2. The van der Waals surface area contributed by atoms with Gasteiger partial charge in [-0.25, -0.2) is 0 Å². The molecule has 5 rings (SSSR count). The van der Waals surface area contributed by atoms with Crippen LogP contribution in [0.25, 0.3) is 0 Å². The van der Waals surface area contributed by atoms with Crippen molar-refractivity contribution in [2.45, 2.75) is 51.4 Å². The Kier molecular flexibility index (Phi) is 4.67. The Balaban J connectivity index is 1.17. The number of nitrogens with zero attached hydrogens (tertiary/aromatic N) is 4. The van der Waals surface area contributed by atoms with Crippen molar-refractivity contribution in [3.8, 4) is 0 Å². The highest BCUT2D eigenvalue weighted by Gasteiger charge is 2.36. The average molecular weight is 416 g/mol. The fourth-order valence-corrected chi connectivity index (χ4v) is 4.67. The molecule has 1 fully saturated rings. The zero-order valence-electron chi connectivity index (χ0n) is 16.6. The first kappa shape index (κ1) is 19.3. The zero-order valence-corrected chi connectivity index (χ0v) is 16.6. The average Bonchev–Trinajstić information content (AvgIpc) is 3.11. The van der Waals surface area contributed by atoms with E-state index in [1.165, 1.54) is 30.3 Å². The van der Waals surface area contributed by atoms with E-state index in [4.69, 9.17) is 4.98 Å². The topological polar surface area (TPSA) is 49.3 Å². The van der Waals surface area contributed by atoms with Crippen molar-refractivity contribution < 1.29 is 18.0 Å². The standard InChI is InChI=1S/C22H23F3N4O/c23-22(24,25)20-9-17(5-6-26-20)28-10-14(11-28)7-21(30)29-12-16-8-15-3-1-2-4-18(15)27-19(16)13-29/h5-6,8-9,14H,1-4,7,10-13H2. The first-order valence-corrected chi connectivity index (χ1v) is 10.4. The molecule has 1 amide bonds. The smallest absolute Gasteiger partial charge is 0.371 e. The molecule has 0 bridgehead atoms. The molecular formula is C22H23F3N4O. The third kappa shape index (κ3) is 3.63. The van der Waals surface area contributed by atoms with Crippen LogP contribution in [0.3, 0.4) is 0 Å². The Bertz CT molecular complexity index is 950. The van der Waals surface area contributed by atoms with Crippen LogP contribution in [0.1, 0.15) is 47.5 Å². The van der Waals surface area contributed by atoms with Crippen LogP contribution in [0.15, 0.2) is 24.4 Å². The molecule has 30 heavy (non-hydrogen) atoms. The van der Waals surface area contributed by atoms with Gasteiger partial charge in [-0.3, -0.25) is 14.8 Å². The van der Waals surface area contributed by atoms with Crippen LogP contribution in [0, 0.1) is 5.92 Å². The summed E-state index contributed by atoms with van der Waals surface area (Å²) in [6.45, 7) is 2.35. The third-order valence-electron chi connectivity index (χ3n) is 6.34. The Morgan fingerprint density at radius 1 is 1.07 bits per heavy atom. The molecule has 2 aromatic heterocycles. The summed E-state index contributed by atoms with van der Waals surface area (Å²) in [5, 5.41) is 0. The van der Waals surface area contributed by atoms with Gasteiger partial charge in [-0.2, -0.15) is 13.2 Å². The van der Waals surface area contributed by atoms with Crippen LogP contribution in [-0.2, 0) is 36.9 Å². The van der Waals surface area contributed by atoms with Gasteiger partial charge in [0.05, 0.1) is 12.2 Å². The SMILES string of the molecule is O=C(CC1CN(c2ccnc(C(F)(F)F)c2)C1)N1Cc2cc3c(nc2C1)CCCC3. The van der Waals surface area contributed by atoms with Crippen LogP contribution >= 0.6 is 0 Å². The van der Waals surface area contributed by atoms with Gasteiger partial charge in [0, 0.05) is 49.6 Å². The summed E-state index contributed by atoms with van der Waals surface area (Å²) in [5.41, 5.74) is 4.33. The highest BCUT2D eigenvalue weighted by Crippen LogP contribution is 2.33. The number of halogens is 3. The van der Waals surface area contributed by atoms with Gasteiger partial charge in [0.25, 0.3) is 0 Å². The van der Waals surface area contributed by atoms with Gasteiger partial charge >= 0.3 is 6.18 Å². The Labute approximate surface area is 172 Å². The molecule has 0 N–H and O–H groups in total. The van der Waals surface area contributed by atoms with Gasteiger partial charge in [0.15, 0.2) is 0 Å². The summed E-state index contributed by atoms with van der Waals surface area (Å²) in [6.07, 6.45) is 1.64. The van der Waals surface area contributed by atoms with Gasteiger partial charge in [-0.1, -0.05) is 6.07 Å². The molecule has 158 valence electrons. The molecule has 0 aromatic carbocycles. The van der Waals surface area contributed by atoms with E-state index >= 15 is 0 Å². The summed E-state index contributed by atoms with van der Waals surface area (Å²) < 4.78 is 38.5. The minimum absolute atomic E-state index is 0.0985. The number of anilines is 1. The fraction of sp³-hybridized carbons (Fsp3) is 0.500. The van der Waals surface area contributed by atoms with Crippen LogP contribution in [-0.4, -0.2) is 33.9 Å². The molecule has 8 heteroatoms. The molecule has 4 heterocycles. The lowest BCUT2D eigenvalue weighted by molar-refractivity contribution is -0.141. The van der Waals surface area contributed by atoms with Crippen molar-refractivity contribution in [3.05, 3.63) is 52.6 Å². The second kappa shape index (κ2) is 7.25. The maximum atomic E-state index is 12.8. The van der Waals surface area contributed by atoms with Crippen molar-refractivity contribution in [3.63, 3.8) is 0 Å². The molecule has 0 spiro atoms. The number of rotatable bonds is 3. The number of aromatic nitrogens is 2. The van der Waals surface area contributed by atoms with Gasteiger partial charge in [-0.15, -0.1) is 0 Å². The number of carbonyl (C=O) groups is 1. The highest BCUT2D eigenvalue weighted by atomic mass is 19.4. The number of alkyl halides is 3. The van der Waals surface area contributed by atoms with Crippen LogP contribution in [0.2, 0.25) is 0 Å². The number of aryl methyl sites for hydroxylation is 2. The van der Waals surface area contributed by atoms with E-state index in [9.17, 15) is 18.0 Å². The number of pyridine rings is 2. The van der Waals surface area contributed by atoms with Gasteiger partial charge in [-0.05, 0) is 48.9 Å². The molecule has 0 radical (unpaired) electrons. The van der Waals surface area contributed by atoms with Crippen molar-refractivity contribution in [2.75, 3.05) is 18.0 Å². The van der Waals surface area contributed by atoms with E-state index in [1.54, 1.807) is 6.07 Å². The van der Waals surface area contributed by atoms with Crippen molar-refractivity contribution in [1.82, 2.24) is 14.9 Å². The van der Waals surface area contributed by atoms with E-state index in [0.717, 1.165) is 30.2 Å². The van der Waals surface area contributed by atoms with E-state index in [-0.39, 0.29) is 11.8 Å². The number of carbonyl (C=O) groups excluding carboxylic acids is 1. The van der Waals surface area contributed by atoms with Crippen molar-refractivity contribution >= 4 is 11.6 Å². The van der Waals surface area contributed by atoms with Gasteiger partial charge < -0.3 is 9.80 Å². The van der Waals surface area contributed by atoms with Crippen molar-refractivity contribution in [2.24, 2.45) is 5.92 Å². The highest BCUT2D eigenvalue weighted by molar-refractivity contribution is 5.77. The lowest BCUT2D eigenvalue weighted by Crippen LogP contribution is -2.48. The number of hydrogen-bond acceptors (Lipinski definition) is 4. The summed E-state index contributed by atoms with van der Waals surface area (Å²) in [7, 11) is 0. The molecule has 1 aliphatic carbocycles. The molecule has 5 nitrogen and oxygen atoms in total. The summed E-state index contributed by atoms with van der Waals surface area (Å²) in [5.74, 6) is 0.256. The maximum Gasteiger partial charge on any atom is 0.433 e. The second-order valence-corrected chi connectivity index (χ2v) is 8.53. The van der Waals surface area contributed by atoms with E-state index in [1.807, 2.05) is 9.80 Å². The van der Waals surface area contributed by atoms with Crippen LogP contribution < -0.4 is 4.90 Å². The quantitative estimate of drug-likeness (QED) is 0.765. The monoisotopic (exact) mass is 416 g/mol. The lowest BCUT2D eigenvalue weighted by atomic mass is 9.94. The molecule has 0 unspecified atom stereocenters. The number of amides is 1. The van der Waals surface area contributed by atoms with Gasteiger partial charge in [0.2, 0.25) is 5.91 Å². The second-order valence-electron chi connectivity index (χ2n) is 8.53. The predicted molar refractivity (Wildman–Crippen MR) is 105 cm³/mol. The summed E-state index contributed by atoms with van der Waals surface area (Å²) in [6, 6.07) is 4.89. The fourth-order valence-electron chi connectivity index (χ4n) is 4.67. The molecule has 0 saturated carbocycles. The summed E-state index contributed by atoms with van der Waals surface area (Å²) in [4.78, 5) is 24.7. The Morgan fingerprint density at radius 2 is 1.87 bits per heavy atom. The maximum absolute atomic E-state index is 12.8. The minimum atomic E-state index is -4.45. The number of hydrogen-bond donors (Lipinski definition) is 0. The van der Waals surface area contributed by atoms with Gasteiger partial charge in [0.1, 0.15) is 5.69 Å². The first-order valence-electron chi connectivity index (χ1n) is 10.4. The first-order chi connectivity index (χ1) is 14.4. The molecule has 3 aliphatic rings. The van der Waals surface area contributed by atoms with E-state index < -0.39 is 11.9 Å². The zero-order chi connectivity index (χ0) is 20.9. The predicted octanol–water partition coefficient (Wildman–Crippen LogP) is 3.74. The molecule has 0 atom stereocenters. The largest absolute Gasteiger partial charge is 0.433 e.